The first-order valence-electron chi connectivity index (χ1n) is 4.57. The third-order valence-electron chi connectivity index (χ3n) is 1.81. The minimum absolute atomic E-state index is 0.0521. The van der Waals surface area contributed by atoms with Crippen LogP contribution >= 0.6 is 22.6 Å². The Hall–Kier alpha value is -1.30. The van der Waals surface area contributed by atoms with E-state index in [0.717, 1.165) is 0 Å². The van der Waals surface area contributed by atoms with E-state index >= 15 is 0 Å². The second-order valence-electron chi connectivity index (χ2n) is 2.88. The molecule has 1 aromatic heterocycles. The van der Waals surface area contributed by atoms with Gasteiger partial charge in [-0.2, -0.15) is 5.26 Å². The van der Waals surface area contributed by atoms with Gasteiger partial charge in [0.25, 0.3) is 6.43 Å². The first-order valence-corrected chi connectivity index (χ1v) is 5.65. The second kappa shape index (κ2) is 5.86. The van der Waals surface area contributed by atoms with Crippen molar-refractivity contribution >= 4 is 28.6 Å². The SMILES string of the molecule is CCOC(=O)c1nc(C#N)cc(I)c1C(F)F. The molecule has 4 nitrogen and oxygen atoms in total. The molecule has 0 N–H and O–H groups in total. The lowest BCUT2D eigenvalue weighted by Gasteiger charge is -2.09. The van der Waals surface area contributed by atoms with Gasteiger partial charge in [0.15, 0.2) is 5.69 Å². The van der Waals surface area contributed by atoms with Crippen molar-refractivity contribution in [1.29, 1.82) is 5.26 Å². The summed E-state index contributed by atoms with van der Waals surface area (Å²) in [7, 11) is 0. The van der Waals surface area contributed by atoms with E-state index < -0.39 is 23.7 Å². The molecule has 1 rings (SSSR count). The normalized spacial score (nSPS) is 10.1. The topological polar surface area (TPSA) is 63.0 Å². The molecule has 7 heteroatoms. The predicted molar refractivity (Wildman–Crippen MR) is 62.6 cm³/mol. The molecule has 0 aliphatic carbocycles. The maximum Gasteiger partial charge on any atom is 0.357 e. The molecule has 17 heavy (non-hydrogen) atoms. The van der Waals surface area contributed by atoms with E-state index in [1.54, 1.807) is 35.6 Å². The third kappa shape index (κ3) is 3.09. The van der Waals surface area contributed by atoms with Crippen LogP contribution in [0.15, 0.2) is 6.07 Å². The number of aromatic nitrogens is 1. The van der Waals surface area contributed by atoms with Gasteiger partial charge in [-0.3, -0.25) is 0 Å². The predicted octanol–water partition coefficient (Wildman–Crippen LogP) is 2.67. The Morgan fingerprint density at radius 2 is 2.35 bits per heavy atom. The lowest BCUT2D eigenvalue weighted by Crippen LogP contribution is -2.13. The van der Waals surface area contributed by atoms with Crippen molar-refractivity contribution in [3.05, 3.63) is 26.6 Å². The minimum atomic E-state index is -2.85. The fourth-order valence-corrected chi connectivity index (χ4v) is 1.93. The van der Waals surface area contributed by atoms with E-state index in [0.29, 0.717) is 0 Å². The summed E-state index contributed by atoms with van der Waals surface area (Å²) in [5.41, 5.74) is -1.09. The van der Waals surface area contributed by atoms with Crippen molar-refractivity contribution in [2.75, 3.05) is 6.61 Å². The summed E-state index contributed by atoms with van der Waals surface area (Å²) in [5.74, 6) is -0.946. The van der Waals surface area contributed by atoms with Gasteiger partial charge in [0.05, 0.1) is 12.2 Å². The summed E-state index contributed by atoms with van der Waals surface area (Å²) in [6.07, 6.45) is -2.85. The summed E-state index contributed by atoms with van der Waals surface area (Å²) < 4.78 is 30.3. The van der Waals surface area contributed by atoms with Crippen LogP contribution in [0.1, 0.15) is 35.1 Å². The molecule has 0 saturated carbocycles. The molecule has 0 saturated heterocycles. The molecular formula is C10H7F2IN2O2. The van der Waals surface area contributed by atoms with E-state index in [9.17, 15) is 13.6 Å². The maximum absolute atomic E-state index is 12.8. The van der Waals surface area contributed by atoms with Gasteiger partial charge in [0, 0.05) is 3.57 Å². The second-order valence-corrected chi connectivity index (χ2v) is 4.05. The van der Waals surface area contributed by atoms with Gasteiger partial charge in [-0.15, -0.1) is 0 Å². The van der Waals surface area contributed by atoms with E-state index in [1.165, 1.54) is 6.07 Å². The molecule has 0 aliphatic heterocycles. The smallest absolute Gasteiger partial charge is 0.357 e. The number of nitrogens with zero attached hydrogens (tertiary/aromatic N) is 2. The monoisotopic (exact) mass is 352 g/mol. The number of carbonyl (C=O) groups is 1. The van der Waals surface area contributed by atoms with Gasteiger partial charge in [-0.1, -0.05) is 0 Å². The van der Waals surface area contributed by atoms with E-state index in [1.807, 2.05) is 0 Å². The van der Waals surface area contributed by atoms with Crippen LogP contribution in [0.25, 0.3) is 0 Å². The summed E-state index contributed by atoms with van der Waals surface area (Å²) in [5, 5.41) is 8.67. The number of pyridine rings is 1. The number of rotatable bonds is 3. The fourth-order valence-electron chi connectivity index (χ4n) is 1.14. The third-order valence-corrected chi connectivity index (χ3v) is 2.70. The van der Waals surface area contributed by atoms with Crippen molar-refractivity contribution < 1.29 is 18.3 Å². The van der Waals surface area contributed by atoms with Gasteiger partial charge in [0.1, 0.15) is 11.8 Å². The minimum Gasteiger partial charge on any atom is -0.461 e. The average Bonchev–Trinajstić information content (AvgIpc) is 2.27. The van der Waals surface area contributed by atoms with Crippen molar-refractivity contribution in [3.8, 4) is 6.07 Å². The van der Waals surface area contributed by atoms with Crippen LogP contribution in [0, 0.1) is 14.9 Å². The Morgan fingerprint density at radius 1 is 1.71 bits per heavy atom. The molecular weight excluding hydrogens is 345 g/mol. The number of hydrogen-bond donors (Lipinski definition) is 0. The zero-order chi connectivity index (χ0) is 13.0. The lowest BCUT2D eigenvalue weighted by molar-refractivity contribution is 0.0507. The van der Waals surface area contributed by atoms with Crippen molar-refractivity contribution in [2.45, 2.75) is 13.3 Å². The van der Waals surface area contributed by atoms with Gasteiger partial charge >= 0.3 is 5.97 Å². The molecule has 0 radical (unpaired) electrons. The van der Waals surface area contributed by atoms with Crippen LogP contribution in [-0.4, -0.2) is 17.6 Å². The van der Waals surface area contributed by atoms with Crippen molar-refractivity contribution in [3.63, 3.8) is 0 Å². The van der Waals surface area contributed by atoms with E-state index in [4.69, 9.17) is 5.26 Å². The molecule has 0 fully saturated rings. The molecule has 1 heterocycles. The number of nitriles is 1. The molecule has 1 aromatic rings. The van der Waals surface area contributed by atoms with Crippen molar-refractivity contribution in [2.24, 2.45) is 0 Å². The number of esters is 1. The molecule has 90 valence electrons. The molecule has 0 amide bonds. The van der Waals surface area contributed by atoms with Gasteiger partial charge in [-0.05, 0) is 35.6 Å². The average molecular weight is 352 g/mol. The van der Waals surface area contributed by atoms with Crippen molar-refractivity contribution in [1.82, 2.24) is 4.98 Å². The number of alkyl halides is 2. The standard InChI is InChI=1S/C10H7F2IN2O2/c1-2-17-10(16)8-7(9(11)12)6(13)3-5(4-14)15-8/h3,9H,2H2,1H3. The highest BCUT2D eigenvalue weighted by Gasteiger charge is 2.25. The molecule has 0 atom stereocenters. The Balaban J connectivity index is 3.38. The van der Waals surface area contributed by atoms with Gasteiger partial charge in [-0.25, -0.2) is 18.6 Å². The quantitative estimate of drug-likeness (QED) is 0.620. The first kappa shape index (κ1) is 13.8. The highest BCUT2D eigenvalue weighted by molar-refractivity contribution is 14.1. The summed E-state index contributed by atoms with van der Waals surface area (Å²) in [6.45, 7) is 1.61. The summed E-state index contributed by atoms with van der Waals surface area (Å²) in [6, 6.07) is 2.90. The van der Waals surface area contributed by atoms with Gasteiger partial charge in [0.2, 0.25) is 0 Å². The Bertz CT molecular complexity index is 486. The zero-order valence-electron chi connectivity index (χ0n) is 8.71. The van der Waals surface area contributed by atoms with Crippen LogP contribution < -0.4 is 0 Å². The van der Waals surface area contributed by atoms with Crippen LogP contribution in [-0.2, 0) is 4.74 Å². The molecule has 0 bridgehead atoms. The molecule has 0 unspecified atom stereocenters. The summed E-state index contributed by atoms with van der Waals surface area (Å²) >= 11 is 1.63. The van der Waals surface area contributed by atoms with Gasteiger partial charge < -0.3 is 4.74 Å². The number of hydrogen-bond acceptors (Lipinski definition) is 4. The Labute approximate surface area is 110 Å². The van der Waals surface area contributed by atoms with Crippen LogP contribution in [0.4, 0.5) is 8.78 Å². The summed E-state index contributed by atoms with van der Waals surface area (Å²) in [4.78, 5) is 15.0. The number of carbonyl (C=O) groups excluding carboxylic acids is 1. The van der Waals surface area contributed by atoms with E-state index in [-0.39, 0.29) is 15.9 Å². The zero-order valence-corrected chi connectivity index (χ0v) is 10.9. The number of ether oxygens (including phenoxy) is 1. The lowest BCUT2D eigenvalue weighted by atomic mass is 10.2. The Kier molecular flexibility index (Phi) is 4.74. The molecule has 0 aliphatic rings. The highest BCUT2D eigenvalue weighted by atomic mass is 127. The maximum atomic E-state index is 12.8. The molecule has 0 aromatic carbocycles. The largest absolute Gasteiger partial charge is 0.461 e. The van der Waals surface area contributed by atoms with Crippen LogP contribution in [0.2, 0.25) is 0 Å². The van der Waals surface area contributed by atoms with E-state index in [2.05, 4.69) is 9.72 Å². The fraction of sp³-hybridized carbons (Fsp3) is 0.300. The molecule has 0 spiro atoms. The first-order chi connectivity index (χ1) is 8.01. The van der Waals surface area contributed by atoms with Crippen LogP contribution in [0.3, 0.4) is 0 Å². The van der Waals surface area contributed by atoms with Crippen LogP contribution in [0.5, 0.6) is 0 Å². The number of halogens is 3. The highest BCUT2D eigenvalue weighted by Crippen LogP contribution is 2.28. The Morgan fingerprint density at radius 3 is 2.82 bits per heavy atom.